The van der Waals surface area contributed by atoms with Crippen molar-refractivity contribution in [1.29, 1.82) is 0 Å². The van der Waals surface area contributed by atoms with Crippen LogP contribution in [0.2, 0.25) is 0 Å². The van der Waals surface area contributed by atoms with E-state index < -0.39 is 0 Å². The molecule has 0 N–H and O–H groups in total. The van der Waals surface area contributed by atoms with E-state index in [4.69, 9.17) is 9.47 Å². The Kier molecular flexibility index (Phi) is 17.9. The monoisotopic (exact) mass is 350 g/mol. The fourth-order valence-electron chi connectivity index (χ4n) is 0.985. The fraction of sp³-hybridized carbons (Fsp3) is 0.167. The molecule has 2 nitrogen and oxygen atoms in total. The molecule has 0 amide bonds. The van der Waals surface area contributed by atoms with Gasteiger partial charge in [0.05, 0.1) is 14.2 Å². The Morgan fingerprint density at radius 2 is 0.882 bits per heavy atom. The average molecular weight is 352 g/mol. The SMILES string of the molecule is CO[c-]1cccc1.CO[c-]1cccc1.[Cl-].[Cl-].[Zr+4]. The van der Waals surface area contributed by atoms with Crippen LogP contribution in [0.1, 0.15) is 0 Å². The molecule has 2 aromatic carbocycles. The molecule has 0 saturated carbocycles. The zero-order chi connectivity index (χ0) is 10.2. The number of hydrogen-bond acceptors (Lipinski definition) is 2. The molecule has 17 heavy (non-hydrogen) atoms. The minimum absolute atomic E-state index is 0. The van der Waals surface area contributed by atoms with Gasteiger partial charge in [0.2, 0.25) is 0 Å². The first-order chi connectivity index (χ1) is 6.86. The van der Waals surface area contributed by atoms with Crippen LogP contribution in [0.5, 0.6) is 11.5 Å². The molecule has 92 valence electrons. The van der Waals surface area contributed by atoms with Crippen LogP contribution in [0, 0.1) is 0 Å². The predicted octanol–water partition coefficient (Wildman–Crippen LogP) is -3.17. The van der Waals surface area contributed by atoms with Crippen molar-refractivity contribution < 1.29 is 60.5 Å². The molecule has 0 atom stereocenters. The molecule has 2 rings (SSSR count). The van der Waals surface area contributed by atoms with Gasteiger partial charge in [-0.2, -0.15) is 0 Å². The fourth-order valence-corrected chi connectivity index (χ4v) is 0.985. The minimum atomic E-state index is 0. The molecule has 0 heterocycles. The van der Waals surface area contributed by atoms with E-state index >= 15 is 0 Å². The summed E-state index contributed by atoms with van der Waals surface area (Å²) in [4.78, 5) is 0. The smallest absolute Gasteiger partial charge is 1.00 e. The number of ether oxygens (including phenoxy) is 2. The number of methoxy groups -OCH3 is 2. The van der Waals surface area contributed by atoms with Crippen LogP contribution in [-0.4, -0.2) is 14.2 Å². The Morgan fingerprint density at radius 1 is 0.647 bits per heavy atom. The van der Waals surface area contributed by atoms with Crippen LogP contribution < -0.4 is 34.3 Å². The predicted molar refractivity (Wildman–Crippen MR) is 57.2 cm³/mol. The molecular formula is C12H14Cl2O2Zr. The van der Waals surface area contributed by atoms with Crippen molar-refractivity contribution in [2.24, 2.45) is 0 Å². The van der Waals surface area contributed by atoms with Crippen molar-refractivity contribution in [2.45, 2.75) is 0 Å². The van der Waals surface area contributed by atoms with Crippen LogP contribution in [-0.2, 0) is 26.2 Å². The topological polar surface area (TPSA) is 18.5 Å². The maximum Gasteiger partial charge on any atom is 4.00 e. The van der Waals surface area contributed by atoms with Gasteiger partial charge in [0.1, 0.15) is 0 Å². The van der Waals surface area contributed by atoms with Crippen molar-refractivity contribution in [2.75, 3.05) is 14.2 Å². The third-order valence-corrected chi connectivity index (χ3v) is 1.74. The first-order valence-corrected chi connectivity index (χ1v) is 4.38. The third-order valence-electron chi connectivity index (χ3n) is 1.74. The zero-order valence-electron chi connectivity index (χ0n) is 9.69. The summed E-state index contributed by atoms with van der Waals surface area (Å²) in [6.07, 6.45) is 0. The Labute approximate surface area is 134 Å². The van der Waals surface area contributed by atoms with Gasteiger partial charge in [-0.25, -0.2) is 24.3 Å². The van der Waals surface area contributed by atoms with Gasteiger partial charge in [-0.05, 0) is 0 Å². The Morgan fingerprint density at radius 3 is 1.00 bits per heavy atom. The second-order valence-electron chi connectivity index (χ2n) is 2.65. The summed E-state index contributed by atoms with van der Waals surface area (Å²) in [5.74, 6) is 1.86. The molecule has 0 aliphatic rings. The molecule has 0 unspecified atom stereocenters. The van der Waals surface area contributed by atoms with E-state index in [-0.39, 0.29) is 51.0 Å². The zero-order valence-corrected chi connectivity index (χ0v) is 13.7. The number of hydrogen-bond donors (Lipinski definition) is 0. The summed E-state index contributed by atoms with van der Waals surface area (Å²) >= 11 is 0. The summed E-state index contributed by atoms with van der Waals surface area (Å²) in [5.41, 5.74) is 0. The molecule has 0 aromatic heterocycles. The van der Waals surface area contributed by atoms with E-state index in [9.17, 15) is 0 Å². The quantitative estimate of drug-likeness (QED) is 0.531. The summed E-state index contributed by atoms with van der Waals surface area (Å²) in [6, 6.07) is 15.4. The van der Waals surface area contributed by atoms with Gasteiger partial charge in [0.15, 0.2) is 0 Å². The Hall–Kier alpha value is -0.237. The van der Waals surface area contributed by atoms with Gasteiger partial charge < -0.3 is 34.3 Å². The van der Waals surface area contributed by atoms with Gasteiger partial charge in [-0.1, -0.05) is 0 Å². The van der Waals surface area contributed by atoms with Gasteiger partial charge in [-0.3, -0.25) is 0 Å². The minimum Gasteiger partial charge on any atom is -1.00 e. The van der Waals surface area contributed by atoms with E-state index in [1.54, 1.807) is 14.2 Å². The maximum atomic E-state index is 4.85. The van der Waals surface area contributed by atoms with Gasteiger partial charge in [0, 0.05) is 11.5 Å². The van der Waals surface area contributed by atoms with E-state index in [0.717, 1.165) is 11.5 Å². The first-order valence-electron chi connectivity index (χ1n) is 4.38. The third kappa shape index (κ3) is 9.46. The first kappa shape index (κ1) is 22.0. The van der Waals surface area contributed by atoms with Gasteiger partial charge >= 0.3 is 26.2 Å². The van der Waals surface area contributed by atoms with Crippen LogP contribution in [0.15, 0.2) is 48.5 Å². The summed E-state index contributed by atoms with van der Waals surface area (Å²) in [7, 11) is 3.32. The summed E-state index contributed by atoms with van der Waals surface area (Å²) in [5, 5.41) is 0. The molecular weight excluding hydrogens is 338 g/mol. The maximum absolute atomic E-state index is 4.85. The molecule has 5 heteroatoms. The second kappa shape index (κ2) is 13.8. The van der Waals surface area contributed by atoms with Crippen molar-refractivity contribution >= 4 is 0 Å². The largest absolute Gasteiger partial charge is 4.00 e. The Bertz CT molecular complexity index is 286. The molecule has 0 aliphatic carbocycles. The van der Waals surface area contributed by atoms with Crippen LogP contribution in [0.3, 0.4) is 0 Å². The Balaban J connectivity index is -0.000000196. The molecule has 0 bridgehead atoms. The van der Waals surface area contributed by atoms with E-state index in [0.29, 0.717) is 0 Å². The number of halogens is 2. The number of rotatable bonds is 2. The summed E-state index contributed by atoms with van der Waals surface area (Å²) < 4.78 is 9.71. The van der Waals surface area contributed by atoms with E-state index in [1.807, 2.05) is 48.5 Å². The normalized spacial score (nSPS) is 7.18. The van der Waals surface area contributed by atoms with Crippen molar-refractivity contribution in [3.8, 4) is 11.5 Å². The molecule has 0 fully saturated rings. The van der Waals surface area contributed by atoms with Gasteiger partial charge in [-0.15, -0.1) is 24.3 Å². The molecule has 0 spiro atoms. The molecule has 0 aliphatic heterocycles. The molecule has 0 saturated heterocycles. The second-order valence-corrected chi connectivity index (χ2v) is 2.65. The molecule has 2 aromatic rings. The van der Waals surface area contributed by atoms with Crippen LogP contribution in [0.4, 0.5) is 0 Å². The van der Waals surface area contributed by atoms with E-state index in [2.05, 4.69) is 0 Å². The van der Waals surface area contributed by atoms with E-state index in [1.165, 1.54) is 0 Å². The standard InChI is InChI=1S/2C6H7O.2ClH.Zr/c2*1-7-6-4-2-3-5-6;;;/h2*2-5H,1H3;2*1H;/q2*-1;;;+4/p-2. The summed E-state index contributed by atoms with van der Waals surface area (Å²) in [6.45, 7) is 0. The molecule has 0 radical (unpaired) electrons. The van der Waals surface area contributed by atoms with Crippen molar-refractivity contribution in [1.82, 2.24) is 0 Å². The average Bonchev–Trinajstić information content (AvgIpc) is 2.92. The van der Waals surface area contributed by atoms with Crippen LogP contribution in [0.25, 0.3) is 0 Å². The van der Waals surface area contributed by atoms with Crippen molar-refractivity contribution in [3.05, 3.63) is 48.5 Å². The van der Waals surface area contributed by atoms with Gasteiger partial charge in [0.25, 0.3) is 0 Å². The van der Waals surface area contributed by atoms with Crippen molar-refractivity contribution in [3.63, 3.8) is 0 Å². The van der Waals surface area contributed by atoms with Crippen LogP contribution >= 0.6 is 0 Å².